The van der Waals surface area contributed by atoms with Crippen molar-refractivity contribution in [1.29, 1.82) is 0 Å². The summed E-state index contributed by atoms with van der Waals surface area (Å²) in [6.45, 7) is 7.40. The number of nitrogens with zero attached hydrogens (tertiary/aromatic N) is 2. The first kappa shape index (κ1) is 13.3. The molecule has 0 amide bonds. The SMILES string of the molecule is CCNc1cc(CC(C)C)nc(CSC)n1. The minimum absolute atomic E-state index is 0.631. The molecule has 0 bridgehead atoms. The average Bonchev–Trinajstić information content (AvgIpc) is 2.17. The zero-order chi connectivity index (χ0) is 12.0. The Hall–Kier alpha value is -0.770. The third kappa shape index (κ3) is 4.39. The van der Waals surface area contributed by atoms with E-state index in [1.165, 1.54) is 0 Å². The van der Waals surface area contributed by atoms with Crippen molar-refractivity contribution in [3.8, 4) is 0 Å². The summed E-state index contributed by atoms with van der Waals surface area (Å²) < 4.78 is 0. The van der Waals surface area contributed by atoms with E-state index in [0.717, 1.165) is 36.1 Å². The number of hydrogen-bond acceptors (Lipinski definition) is 4. The van der Waals surface area contributed by atoms with Gasteiger partial charge in [0.25, 0.3) is 0 Å². The van der Waals surface area contributed by atoms with Crippen LogP contribution < -0.4 is 5.32 Å². The first-order valence-corrected chi connectivity index (χ1v) is 7.14. The number of hydrogen-bond donors (Lipinski definition) is 1. The number of nitrogens with one attached hydrogen (secondary N) is 1. The second-order valence-electron chi connectivity index (χ2n) is 4.22. The Morgan fingerprint density at radius 1 is 1.38 bits per heavy atom. The van der Waals surface area contributed by atoms with E-state index in [1.54, 1.807) is 11.8 Å². The van der Waals surface area contributed by atoms with E-state index in [4.69, 9.17) is 0 Å². The van der Waals surface area contributed by atoms with Crippen LogP contribution in [0.5, 0.6) is 0 Å². The van der Waals surface area contributed by atoms with Crippen LogP contribution in [0.1, 0.15) is 32.3 Å². The van der Waals surface area contributed by atoms with Crippen LogP contribution in [0, 0.1) is 5.92 Å². The Morgan fingerprint density at radius 2 is 2.12 bits per heavy atom. The van der Waals surface area contributed by atoms with Gasteiger partial charge in [-0.25, -0.2) is 9.97 Å². The third-order valence-corrected chi connectivity index (χ3v) is 2.62. The molecule has 1 aromatic heterocycles. The fraction of sp³-hybridized carbons (Fsp3) is 0.667. The molecule has 0 aliphatic rings. The molecule has 0 aliphatic heterocycles. The van der Waals surface area contributed by atoms with Crippen LogP contribution in [0.3, 0.4) is 0 Å². The topological polar surface area (TPSA) is 37.8 Å². The van der Waals surface area contributed by atoms with Crippen molar-refractivity contribution in [2.75, 3.05) is 18.1 Å². The van der Waals surface area contributed by atoms with Crippen molar-refractivity contribution in [2.45, 2.75) is 32.9 Å². The van der Waals surface area contributed by atoms with Crippen molar-refractivity contribution < 1.29 is 0 Å². The maximum absolute atomic E-state index is 4.57. The van der Waals surface area contributed by atoms with Gasteiger partial charge in [0.05, 0.1) is 5.75 Å². The van der Waals surface area contributed by atoms with Gasteiger partial charge in [0.2, 0.25) is 0 Å². The lowest BCUT2D eigenvalue weighted by molar-refractivity contribution is 0.632. The summed E-state index contributed by atoms with van der Waals surface area (Å²) in [5.41, 5.74) is 1.14. The zero-order valence-corrected chi connectivity index (χ0v) is 11.4. The summed E-state index contributed by atoms with van der Waals surface area (Å²) in [6, 6.07) is 2.06. The Balaban J connectivity index is 2.88. The van der Waals surface area contributed by atoms with Crippen LogP contribution in [-0.2, 0) is 12.2 Å². The molecule has 0 saturated carbocycles. The van der Waals surface area contributed by atoms with Crippen LogP contribution in [0.25, 0.3) is 0 Å². The van der Waals surface area contributed by atoms with E-state index in [2.05, 4.69) is 48.4 Å². The molecule has 90 valence electrons. The van der Waals surface area contributed by atoms with E-state index in [-0.39, 0.29) is 0 Å². The van der Waals surface area contributed by atoms with Crippen molar-refractivity contribution in [1.82, 2.24) is 9.97 Å². The largest absolute Gasteiger partial charge is 0.370 e. The lowest BCUT2D eigenvalue weighted by Gasteiger charge is -2.09. The molecule has 3 nitrogen and oxygen atoms in total. The van der Waals surface area contributed by atoms with Crippen molar-refractivity contribution in [3.63, 3.8) is 0 Å². The number of aromatic nitrogens is 2. The summed E-state index contributed by atoms with van der Waals surface area (Å²) in [7, 11) is 0. The van der Waals surface area contributed by atoms with Crippen LogP contribution in [0.2, 0.25) is 0 Å². The molecule has 0 unspecified atom stereocenters. The zero-order valence-electron chi connectivity index (χ0n) is 10.6. The molecule has 0 aliphatic carbocycles. The molecule has 0 atom stereocenters. The Kier molecular flexibility index (Phi) is 5.60. The lowest BCUT2D eigenvalue weighted by Crippen LogP contribution is -2.07. The smallest absolute Gasteiger partial charge is 0.140 e. The molecule has 16 heavy (non-hydrogen) atoms. The normalized spacial score (nSPS) is 10.8. The van der Waals surface area contributed by atoms with Gasteiger partial charge in [-0.1, -0.05) is 13.8 Å². The highest BCUT2D eigenvalue weighted by molar-refractivity contribution is 7.97. The second kappa shape index (κ2) is 6.74. The minimum atomic E-state index is 0.631. The van der Waals surface area contributed by atoms with Crippen molar-refractivity contribution in [2.24, 2.45) is 5.92 Å². The number of rotatable bonds is 6. The van der Waals surface area contributed by atoms with E-state index < -0.39 is 0 Å². The van der Waals surface area contributed by atoms with E-state index in [9.17, 15) is 0 Å². The van der Waals surface area contributed by atoms with Gasteiger partial charge in [0.15, 0.2) is 0 Å². The molecule has 0 fully saturated rings. The Labute approximate surface area is 102 Å². The average molecular weight is 239 g/mol. The fourth-order valence-corrected chi connectivity index (χ4v) is 1.93. The molecule has 0 saturated heterocycles. The first-order valence-electron chi connectivity index (χ1n) is 5.75. The van der Waals surface area contributed by atoms with E-state index in [1.807, 2.05) is 0 Å². The second-order valence-corrected chi connectivity index (χ2v) is 5.09. The Bertz CT molecular complexity index is 302. The predicted octanol–water partition coefficient (Wildman–Crippen LogP) is 2.97. The van der Waals surface area contributed by atoms with Crippen molar-refractivity contribution in [3.05, 3.63) is 17.6 Å². The quantitative estimate of drug-likeness (QED) is 0.828. The Morgan fingerprint density at radius 3 is 2.69 bits per heavy atom. The molecule has 0 radical (unpaired) electrons. The molecular formula is C12H21N3S. The monoisotopic (exact) mass is 239 g/mol. The summed E-state index contributed by atoms with van der Waals surface area (Å²) in [5, 5.41) is 3.26. The van der Waals surface area contributed by atoms with Crippen LogP contribution in [0.4, 0.5) is 5.82 Å². The van der Waals surface area contributed by atoms with Gasteiger partial charge in [0, 0.05) is 18.3 Å². The summed E-state index contributed by atoms with van der Waals surface area (Å²) in [5.74, 6) is 3.40. The van der Waals surface area contributed by atoms with Crippen molar-refractivity contribution >= 4 is 17.6 Å². The predicted molar refractivity (Wildman–Crippen MR) is 72.0 cm³/mol. The first-order chi connectivity index (χ1) is 7.65. The highest BCUT2D eigenvalue weighted by Crippen LogP contribution is 2.13. The van der Waals surface area contributed by atoms with Gasteiger partial charge in [-0.05, 0) is 25.5 Å². The molecule has 1 aromatic rings. The molecular weight excluding hydrogens is 218 g/mol. The molecule has 1 rings (SSSR count). The third-order valence-electron chi connectivity index (χ3n) is 2.07. The maximum Gasteiger partial charge on any atom is 0.140 e. The van der Waals surface area contributed by atoms with Gasteiger partial charge in [-0.2, -0.15) is 11.8 Å². The molecule has 0 spiro atoms. The van der Waals surface area contributed by atoms with E-state index >= 15 is 0 Å². The maximum atomic E-state index is 4.57. The molecule has 1 heterocycles. The summed E-state index contributed by atoms with van der Waals surface area (Å²) in [4.78, 5) is 9.05. The van der Waals surface area contributed by atoms with Gasteiger partial charge in [0.1, 0.15) is 11.6 Å². The number of anilines is 1. The van der Waals surface area contributed by atoms with Crippen LogP contribution >= 0.6 is 11.8 Å². The minimum Gasteiger partial charge on any atom is -0.370 e. The number of thioether (sulfide) groups is 1. The van der Waals surface area contributed by atoms with Gasteiger partial charge >= 0.3 is 0 Å². The van der Waals surface area contributed by atoms with Crippen LogP contribution in [0.15, 0.2) is 6.07 Å². The van der Waals surface area contributed by atoms with Gasteiger partial charge in [-0.15, -0.1) is 0 Å². The standard InChI is InChI=1S/C12H21N3S/c1-5-13-11-7-10(6-9(2)3)14-12(15-11)8-16-4/h7,9H,5-6,8H2,1-4H3,(H,13,14,15). The molecule has 4 heteroatoms. The lowest BCUT2D eigenvalue weighted by atomic mass is 10.1. The van der Waals surface area contributed by atoms with Gasteiger partial charge < -0.3 is 5.32 Å². The molecule has 1 N–H and O–H groups in total. The fourth-order valence-electron chi connectivity index (χ4n) is 1.54. The van der Waals surface area contributed by atoms with Gasteiger partial charge in [-0.3, -0.25) is 0 Å². The van der Waals surface area contributed by atoms with E-state index in [0.29, 0.717) is 5.92 Å². The summed E-state index contributed by atoms with van der Waals surface area (Å²) in [6.07, 6.45) is 3.09. The summed E-state index contributed by atoms with van der Waals surface area (Å²) >= 11 is 1.76. The molecule has 0 aromatic carbocycles. The highest BCUT2D eigenvalue weighted by atomic mass is 32.2. The highest BCUT2D eigenvalue weighted by Gasteiger charge is 2.05. The van der Waals surface area contributed by atoms with Crippen LogP contribution in [-0.4, -0.2) is 22.8 Å².